The van der Waals surface area contributed by atoms with E-state index in [4.69, 9.17) is 38.7 Å². The number of piperazine rings is 1. The summed E-state index contributed by atoms with van der Waals surface area (Å²) in [5, 5.41) is 14.8. The Bertz CT molecular complexity index is 1010. The van der Waals surface area contributed by atoms with E-state index in [-0.39, 0.29) is 0 Å². The van der Waals surface area contributed by atoms with Gasteiger partial charge in [0, 0.05) is 49.3 Å². The van der Waals surface area contributed by atoms with Gasteiger partial charge in [-0.1, -0.05) is 22.0 Å². The summed E-state index contributed by atoms with van der Waals surface area (Å²) in [6, 6.07) is 10.1. The largest absolute Gasteiger partial charge is 0.493 e. The van der Waals surface area contributed by atoms with Gasteiger partial charge in [0.2, 0.25) is 5.75 Å². The van der Waals surface area contributed by atoms with Crippen molar-refractivity contribution in [1.29, 1.82) is 0 Å². The van der Waals surface area contributed by atoms with Crippen LogP contribution in [0, 0.1) is 6.92 Å². The molecule has 1 aliphatic heterocycles. The fraction of sp³-hybridized carbons (Fsp3) is 0.440. The number of hydrogen-bond acceptors (Lipinski definition) is 8. The molecule has 1 saturated heterocycles. The van der Waals surface area contributed by atoms with Crippen LogP contribution in [0.5, 0.6) is 23.0 Å². The maximum atomic E-state index is 9.10. The SMILES string of the molecule is COc1ccc(CN2CCN(CCOc3ccc(Br)cc3C)CC2)c(OC)c1OC.O=C(O)C(=O)O. The molecule has 198 valence electrons. The second-order valence-corrected chi connectivity index (χ2v) is 8.90. The molecule has 0 saturated carbocycles. The van der Waals surface area contributed by atoms with Crippen molar-refractivity contribution in [2.75, 3.05) is 60.7 Å². The Morgan fingerprint density at radius 1 is 0.861 bits per heavy atom. The van der Waals surface area contributed by atoms with Crippen LogP contribution in [0.4, 0.5) is 0 Å². The van der Waals surface area contributed by atoms with Gasteiger partial charge in [-0.2, -0.15) is 0 Å². The Morgan fingerprint density at radius 2 is 1.44 bits per heavy atom. The van der Waals surface area contributed by atoms with Crippen LogP contribution in [-0.4, -0.2) is 92.6 Å². The van der Waals surface area contributed by atoms with Crippen molar-refractivity contribution in [3.63, 3.8) is 0 Å². The van der Waals surface area contributed by atoms with Crippen LogP contribution >= 0.6 is 15.9 Å². The van der Waals surface area contributed by atoms with Crippen molar-refractivity contribution in [2.45, 2.75) is 13.5 Å². The van der Waals surface area contributed by atoms with Crippen LogP contribution in [0.25, 0.3) is 0 Å². The van der Waals surface area contributed by atoms with E-state index in [9.17, 15) is 0 Å². The monoisotopic (exact) mass is 568 g/mol. The molecule has 2 N–H and O–H groups in total. The summed E-state index contributed by atoms with van der Waals surface area (Å²) in [7, 11) is 4.95. The molecular weight excluding hydrogens is 536 g/mol. The quantitative estimate of drug-likeness (QED) is 0.436. The first-order valence-electron chi connectivity index (χ1n) is 11.3. The van der Waals surface area contributed by atoms with Crippen LogP contribution in [0.1, 0.15) is 11.1 Å². The third-order valence-electron chi connectivity index (χ3n) is 5.63. The first kappa shape index (κ1) is 29.2. The second-order valence-electron chi connectivity index (χ2n) is 7.98. The molecule has 2 aromatic rings. The maximum absolute atomic E-state index is 9.10. The number of carboxylic acid groups (broad SMARTS) is 2. The number of hydrogen-bond donors (Lipinski definition) is 2. The summed E-state index contributed by atoms with van der Waals surface area (Å²) in [5.41, 5.74) is 2.26. The molecule has 0 aliphatic carbocycles. The zero-order chi connectivity index (χ0) is 26.7. The number of ether oxygens (including phenoxy) is 4. The first-order valence-corrected chi connectivity index (χ1v) is 12.1. The molecule has 11 heteroatoms. The number of rotatable bonds is 9. The minimum absolute atomic E-state index is 0.650. The van der Waals surface area contributed by atoms with Crippen LogP contribution in [-0.2, 0) is 16.1 Å². The van der Waals surface area contributed by atoms with Gasteiger partial charge < -0.3 is 29.2 Å². The zero-order valence-electron chi connectivity index (χ0n) is 21.0. The fourth-order valence-electron chi connectivity index (χ4n) is 3.76. The highest BCUT2D eigenvalue weighted by atomic mass is 79.9. The van der Waals surface area contributed by atoms with E-state index < -0.39 is 11.9 Å². The van der Waals surface area contributed by atoms with E-state index in [0.717, 1.165) is 66.4 Å². The van der Waals surface area contributed by atoms with Gasteiger partial charge in [0.05, 0.1) is 21.3 Å². The minimum atomic E-state index is -1.82. The van der Waals surface area contributed by atoms with Crippen molar-refractivity contribution in [3.05, 3.63) is 45.9 Å². The van der Waals surface area contributed by atoms with Crippen molar-refractivity contribution in [1.82, 2.24) is 9.80 Å². The molecule has 0 aromatic heterocycles. The van der Waals surface area contributed by atoms with E-state index >= 15 is 0 Å². The van der Waals surface area contributed by atoms with Gasteiger partial charge in [-0.25, -0.2) is 9.59 Å². The van der Waals surface area contributed by atoms with Gasteiger partial charge in [0.1, 0.15) is 12.4 Å². The third-order valence-corrected chi connectivity index (χ3v) is 6.12. The molecule has 0 unspecified atom stereocenters. The van der Waals surface area contributed by atoms with E-state index in [1.54, 1.807) is 21.3 Å². The normalized spacial score (nSPS) is 13.8. The predicted molar refractivity (Wildman–Crippen MR) is 137 cm³/mol. The summed E-state index contributed by atoms with van der Waals surface area (Å²) in [4.78, 5) is 23.1. The molecule has 1 fully saturated rings. The number of carboxylic acids is 2. The van der Waals surface area contributed by atoms with E-state index in [1.807, 2.05) is 18.2 Å². The summed E-state index contributed by atoms with van der Waals surface area (Å²) in [6.45, 7) is 8.60. The molecule has 1 heterocycles. The van der Waals surface area contributed by atoms with Crippen molar-refractivity contribution >= 4 is 27.9 Å². The first-order chi connectivity index (χ1) is 17.2. The Kier molecular flexibility index (Phi) is 11.8. The molecule has 0 radical (unpaired) electrons. The van der Waals surface area contributed by atoms with Gasteiger partial charge in [-0.05, 0) is 36.8 Å². The van der Waals surface area contributed by atoms with E-state index in [2.05, 4.69) is 44.8 Å². The van der Waals surface area contributed by atoms with Crippen molar-refractivity contribution in [3.8, 4) is 23.0 Å². The summed E-state index contributed by atoms with van der Waals surface area (Å²) < 4.78 is 23.6. The third kappa shape index (κ3) is 8.58. The molecule has 0 bridgehead atoms. The molecule has 3 rings (SSSR count). The highest BCUT2D eigenvalue weighted by Crippen LogP contribution is 2.40. The topological polar surface area (TPSA) is 118 Å². The summed E-state index contributed by atoms with van der Waals surface area (Å²) >= 11 is 3.49. The maximum Gasteiger partial charge on any atom is 0.414 e. The molecule has 1 aliphatic rings. The highest BCUT2D eigenvalue weighted by Gasteiger charge is 2.21. The Labute approximate surface area is 219 Å². The van der Waals surface area contributed by atoms with E-state index in [1.165, 1.54) is 0 Å². The number of methoxy groups -OCH3 is 3. The highest BCUT2D eigenvalue weighted by molar-refractivity contribution is 9.10. The second kappa shape index (κ2) is 14.5. The van der Waals surface area contributed by atoms with Gasteiger partial charge in [0.25, 0.3) is 0 Å². The molecule has 36 heavy (non-hydrogen) atoms. The minimum Gasteiger partial charge on any atom is -0.493 e. The van der Waals surface area contributed by atoms with E-state index in [0.29, 0.717) is 18.1 Å². The van der Waals surface area contributed by atoms with Crippen molar-refractivity contribution < 1.29 is 38.7 Å². The van der Waals surface area contributed by atoms with Crippen LogP contribution in [0.3, 0.4) is 0 Å². The average Bonchev–Trinajstić information content (AvgIpc) is 2.86. The van der Waals surface area contributed by atoms with Gasteiger partial charge in [0.15, 0.2) is 11.5 Å². The molecule has 2 aromatic carbocycles. The Hall–Kier alpha value is -3.02. The van der Waals surface area contributed by atoms with Crippen LogP contribution in [0.2, 0.25) is 0 Å². The van der Waals surface area contributed by atoms with Gasteiger partial charge in [-0.15, -0.1) is 0 Å². The summed E-state index contributed by atoms with van der Waals surface area (Å²) in [5.74, 6) is -0.611. The van der Waals surface area contributed by atoms with Crippen LogP contribution < -0.4 is 18.9 Å². The number of aliphatic carboxylic acids is 2. The molecule has 0 amide bonds. The fourth-order valence-corrected chi connectivity index (χ4v) is 4.23. The van der Waals surface area contributed by atoms with Gasteiger partial charge >= 0.3 is 11.9 Å². The molecule has 0 atom stereocenters. The van der Waals surface area contributed by atoms with Crippen molar-refractivity contribution in [2.24, 2.45) is 0 Å². The lowest BCUT2D eigenvalue weighted by atomic mass is 10.1. The lowest BCUT2D eigenvalue weighted by molar-refractivity contribution is -0.159. The Morgan fingerprint density at radius 3 is 1.97 bits per heavy atom. The molecule has 0 spiro atoms. The smallest absolute Gasteiger partial charge is 0.414 e. The lowest BCUT2D eigenvalue weighted by Crippen LogP contribution is -2.47. The lowest BCUT2D eigenvalue weighted by Gasteiger charge is -2.35. The predicted octanol–water partition coefficient (Wildman–Crippen LogP) is 3.14. The van der Waals surface area contributed by atoms with Crippen LogP contribution in [0.15, 0.2) is 34.8 Å². The number of halogens is 1. The summed E-state index contributed by atoms with van der Waals surface area (Å²) in [6.07, 6.45) is 0. The number of carbonyl (C=O) groups is 2. The zero-order valence-corrected chi connectivity index (χ0v) is 22.5. The molecule has 10 nitrogen and oxygen atoms in total. The van der Waals surface area contributed by atoms with Gasteiger partial charge in [-0.3, -0.25) is 9.80 Å². The average molecular weight is 569 g/mol. The molecular formula is C25H33BrN2O8. The standard InChI is InChI=1S/C23H31BrN2O4.C2H2O4/c1-17-15-19(24)6-8-20(17)30-14-13-25-9-11-26(12-10-25)16-18-5-7-21(27-2)23(29-4)22(18)28-3;3-1(4)2(5)6/h5-8,15H,9-14,16H2,1-4H3;(H,3,4)(H,5,6). The number of nitrogens with zero attached hydrogens (tertiary/aromatic N) is 2. The Balaban J connectivity index is 0.000000678. The number of benzene rings is 2. The number of aryl methyl sites for hydroxylation is 1.